The van der Waals surface area contributed by atoms with E-state index in [1.807, 2.05) is 0 Å². The molecule has 1 aromatic heterocycles. The maximum atomic E-state index is 5.92. The van der Waals surface area contributed by atoms with Crippen molar-refractivity contribution in [1.29, 1.82) is 0 Å². The lowest BCUT2D eigenvalue weighted by molar-refractivity contribution is 0.692. The molecule has 1 aromatic rings. The smallest absolute Gasteiger partial charge is 0.133 e. The third-order valence-electron chi connectivity index (χ3n) is 3.63. The number of rotatable bonds is 6. The quantitative estimate of drug-likeness (QED) is 0.840. The number of nitrogens with zero attached hydrogens (tertiary/aromatic N) is 2. The van der Waals surface area contributed by atoms with E-state index >= 15 is 0 Å². The van der Waals surface area contributed by atoms with Crippen LogP contribution in [0.1, 0.15) is 43.0 Å². The summed E-state index contributed by atoms with van der Waals surface area (Å²) in [6.45, 7) is 9.25. The first-order valence-electron chi connectivity index (χ1n) is 7.07. The van der Waals surface area contributed by atoms with Crippen LogP contribution in [0.25, 0.3) is 0 Å². The normalized spacial score (nSPS) is 14.9. The van der Waals surface area contributed by atoms with Gasteiger partial charge in [-0.25, -0.2) is 4.98 Å². The minimum absolute atomic E-state index is 0.583. The number of hydrogen-bond acceptors (Lipinski definition) is 3. The van der Waals surface area contributed by atoms with Gasteiger partial charge in [-0.15, -0.1) is 0 Å². The highest BCUT2D eigenvalue weighted by atomic mass is 15.2. The van der Waals surface area contributed by atoms with Crippen molar-refractivity contribution in [2.24, 2.45) is 11.7 Å². The van der Waals surface area contributed by atoms with Gasteiger partial charge in [0.2, 0.25) is 0 Å². The fourth-order valence-corrected chi connectivity index (χ4v) is 2.52. The predicted molar refractivity (Wildman–Crippen MR) is 76.8 cm³/mol. The first kappa shape index (κ1) is 13.3. The van der Waals surface area contributed by atoms with Crippen LogP contribution in [0.4, 0.5) is 5.82 Å². The second-order valence-electron chi connectivity index (χ2n) is 5.48. The lowest BCUT2D eigenvalue weighted by Crippen LogP contribution is -2.29. The zero-order valence-corrected chi connectivity index (χ0v) is 11.9. The molecule has 0 saturated heterocycles. The van der Waals surface area contributed by atoms with E-state index in [0.717, 1.165) is 36.9 Å². The Bertz CT molecular complexity index is 410. The van der Waals surface area contributed by atoms with Crippen LogP contribution in [0.2, 0.25) is 0 Å². The highest BCUT2D eigenvalue weighted by Gasteiger charge is 2.26. The molecule has 100 valence electrons. The van der Waals surface area contributed by atoms with Crippen molar-refractivity contribution < 1.29 is 0 Å². The van der Waals surface area contributed by atoms with E-state index in [1.165, 1.54) is 24.0 Å². The summed E-state index contributed by atoms with van der Waals surface area (Å²) in [4.78, 5) is 7.19. The Morgan fingerprint density at radius 3 is 2.67 bits per heavy atom. The van der Waals surface area contributed by atoms with E-state index in [2.05, 4.69) is 31.7 Å². The number of nitrogens with two attached hydrogens (primary N) is 1. The molecule has 1 fully saturated rings. The lowest BCUT2D eigenvalue weighted by Gasteiger charge is -2.26. The summed E-state index contributed by atoms with van der Waals surface area (Å²) in [5, 5.41) is 0. The molecule has 1 aliphatic rings. The van der Waals surface area contributed by atoms with Gasteiger partial charge in [-0.3, -0.25) is 0 Å². The van der Waals surface area contributed by atoms with E-state index in [9.17, 15) is 0 Å². The number of pyridine rings is 1. The van der Waals surface area contributed by atoms with E-state index < -0.39 is 0 Å². The Labute approximate surface area is 110 Å². The Balaban J connectivity index is 2.31. The molecule has 0 atom stereocenters. The van der Waals surface area contributed by atoms with Crippen LogP contribution >= 0.6 is 0 Å². The first-order valence-corrected chi connectivity index (χ1v) is 7.07. The van der Waals surface area contributed by atoms with Gasteiger partial charge in [0.15, 0.2) is 0 Å². The molecule has 3 heteroatoms. The molecule has 0 aliphatic heterocycles. The Kier molecular flexibility index (Phi) is 4.23. The van der Waals surface area contributed by atoms with E-state index in [1.54, 1.807) is 0 Å². The summed E-state index contributed by atoms with van der Waals surface area (Å²) in [7, 11) is 0. The summed E-state index contributed by atoms with van der Waals surface area (Å²) in [6.07, 6.45) is 3.91. The predicted octanol–water partition coefficient (Wildman–Crippen LogP) is 2.78. The van der Waals surface area contributed by atoms with Crippen molar-refractivity contribution in [2.45, 2.75) is 46.6 Å². The molecule has 0 amide bonds. The summed E-state index contributed by atoms with van der Waals surface area (Å²) in [5.74, 6) is 2.01. The second kappa shape index (κ2) is 5.70. The van der Waals surface area contributed by atoms with Crippen molar-refractivity contribution in [3.05, 3.63) is 22.9 Å². The molecule has 3 nitrogen and oxygen atoms in total. The monoisotopic (exact) mass is 247 g/mol. The topological polar surface area (TPSA) is 42.2 Å². The van der Waals surface area contributed by atoms with Gasteiger partial charge in [-0.05, 0) is 50.7 Å². The molecule has 0 spiro atoms. The van der Waals surface area contributed by atoms with Gasteiger partial charge in [0.25, 0.3) is 0 Å². The molecule has 0 radical (unpaired) electrons. The standard InChI is InChI=1S/C15H25N3/c1-4-7-18(10-13-5-6-13)15-14(9-16)11(2)8-12(3)17-15/h8,13H,4-7,9-10,16H2,1-3H3. The largest absolute Gasteiger partial charge is 0.356 e. The highest BCUT2D eigenvalue weighted by molar-refractivity contribution is 5.51. The van der Waals surface area contributed by atoms with Gasteiger partial charge < -0.3 is 10.6 Å². The molecule has 0 bridgehead atoms. The zero-order chi connectivity index (χ0) is 13.1. The Morgan fingerprint density at radius 1 is 1.39 bits per heavy atom. The van der Waals surface area contributed by atoms with Crippen molar-refractivity contribution in [2.75, 3.05) is 18.0 Å². The van der Waals surface area contributed by atoms with E-state index in [4.69, 9.17) is 10.7 Å². The highest BCUT2D eigenvalue weighted by Crippen LogP contribution is 2.32. The van der Waals surface area contributed by atoms with Crippen LogP contribution in [0.5, 0.6) is 0 Å². The minimum atomic E-state index is 0.583. The third-order valence-corrected chi connectivity index (χ3v) is 3.63. The van der Waals surface area contributed by atoms with E-state index in [0.29, 0.717) is 6.54 Å². The number of anilines is 1. The molecule has 2 rings (SSSR count). The van der Waals surface area contributed by atoms with Crippen LogP contribution in [-0.4, -0.2) is 18.1 Å². The lowest BCUT2D eigenvalue weighted by atomic mass is 10.1. The zero-order valence-electron chi connectivity index (χ0n) is 11.9. The molecule has 1 saturated carbocycles. The summed E-state index contributed by atoms with van der Waals surface area (Å²) in [6, 6.07) is 2.13. The molecule has 18 heavy (non-hydrogen) atoms. The van der Waals surface area contributed by atoms with E-state index in [-0.39, 0.29) is 0 Å². The molecule has 1 heterocycles. The fraction of sp³-hybridized carbons (Fsp3) is 0.667. The van der Waals surface area contributed by atoms with Gasteiger partial charge in [0, 0.05) is 30.9 Å². The average molecular weight is 247 g/mol. The minimum Gasteiger partial charge on any atom is -0.356 e. The third kappa shape index (κ3) is 3.02. The average Bonchev–Trinajstić information content (AvgIpc) is 3.11. The Morgan fingerprint density at radius 2 is 2.11 bits per heavy atom. The van der Waals surface area contributed by atoms with Crippen molar-refractivity contribution >= 4 is 5.82 Å². The Hall–Kier alpha value is -1.09. The molecule has 0 aromatic carbocycles. The summed E-state index contributed by atoms with van der Waals surface area (Å²) >= 11 is 0. The van der Waals surface area contributed by atoms with Crippen molar-refractivity contribution in [3.8, 4) is 0 Å². The molecular weight excluding hydrogens is 222 g/mol. The molecule has 1 aliphatic carbocycles. The van der Waals surface area contributed by atoms with Crippen LogP contribution in [0, 0.1) is 19.8 Å². The van der Waals surface area contributed by atoms with Gasteiger partial charge >= 0.3 is 0 Å². The SMILES string of the molecule is CCCN(CC1CC1)c1nc(C)cc(C)c1CN. The molecule has 2 N–H and O–H groups in total. The molecular formula is C15H25N3. The first-order chi connectivity index (χ1) is 8.65. The van der Waals surface area contributed by atoms with Crippen molar-refractivity contribution in [1.82, 2.24) is 4.98 Å². The maximum Gasteiger partial charge on any atom is 0.133 e. The fourth-order valence-electron chi connectivity index (χ4n) is 2.52. The van der Waals surface area contributed by atoms with Crippen LogP contribution in [0.3, 0.4) is 0 Å². The summed E-state index contributed by atoms with van der Waals surface area (Å²) in [5.41, 5.74) is 9.50. The maximum absolute atomic E-state index is 5.92. The summed E-state index contributed by atoms with van der Waals surface area (Å²) < 4.78 is 0. The number of aromatic nitrogens is 1. The van der Waals surface area contributed by atoms with Crippen LogP contribution in [-0.2, 0) is 6.54 Å². The molecule has 0 unspecified atom stereocenters. The van der Waals surface area contributed by atoms with Gasteiger partial charge in [-0.2, -0.15) is 0 Å². The number of hydrogen-bond donors (Lipinski definition) is 1. The van der Waals surface area contributed by atoms with Crippen LogP contribution in [0.15, 0.2) is 6.07 Å². The van der Waals surface area contributed by atoms with Gasteiger partial charge in [-0.1, -0.05) is 6.92 Å². The second-order valence-corrected chi connectivity index (χ2v) is 5.48. The van der Waals surface area contributed by atoms with Crippen molar-refractivity contribution in [3.63, 3.8) is 0 Å². The van der Waals surface area contributed by atoms with Crippen LogP contribution < -0.4 is 10.6 Å². The van der Waals surface area contributed by atoms with Gasteiger partial charge in [0.05, 0.1) is 0 Å². The number of aryl methyl sites for hydroxylation is 2. The van der Waals surface area contributed by atoms with Gasteiger partial charge in [0.1, 0.15) is 5.82 Å².